The number of hydrogen-bond donors (Lipinski definition) is 0. The zero-order valence-electron chi connectivity index (χ0n) is 6.26. The maximum Gasteiger partial charge on any atom is 0.0385 e. The third-order valence-electron chi connectivity index (χ3n) is 2.00. The second-order valence-corrected chi connectivity index (χ2v) is 5.22. The van der Waals surface area contributed by atoms with Gasteiger partial charge in [0.05, 0.1) is 0 Å². The van der Waals surface area contributed by atoms with Crippen LogP contribution in [0.1, 0.15) is 27.2 Å². The summed E-state index contributed by atoms with van der Waals surface area (Å²) in [5.41, 5.74) is 0. The molecule has 1 aliphatic heterocycles. The van der Waals surface area contributed by atoms with Gasteiger partial charge in [-0.15, -0.1) is 0 Å². The molecule has 1 nitrogen and oxygen atoms in total. The summed E-state index contributed by atoms with van der Waals surface area (Å²) in [7, 11) is -0.505. The van der Waals surface area contributed by atoms with E-state index in [0.29, 0.717) is 16.4 Å². The van der Waals surface area contributed by atoms with E-state index in [0.717, 1.165) is 0 Å². The average molecular weight is 146 g/mol. The molecule has 0 spiro atoms. The van der Waals surface area contributed by atoms with Crippen molar-refractivity contribution in [1.29, 1.82) is 0 Å². The summed E-state index contributed by atoms with van der Waals surface area (Å²) in [6, 6.07) is 0. The van der Waals surface area contributed by atoms with Crippen molar-refractivity contribution >= 4 is 10.8 Å². The van der Waals surface area contributed by atoms with Crippen molar-refractivity contribution in [1.82, 2.24) is 0 Å². The highest BCUT2D eigenvalue weighted by Gasteiger charge is 2.36. The molecule has 0 radical (unpaired) electrons. The van der Waals surface area contributed by atoms with Crippen LogP contribution in [0, 0.1) is 5.92 Å². The quantitative estimate of drug-likeness (QED) is 0.548. The molecule has 1 fully saturated rings. The molecule has 0 aromatic heterocycles. The van der Waals surface area contributed by atoms with Gasteiger partial charge in [0.25, 0.3) is 0 Å². The van der Waals surface area contributed by atoms with Crippen molar-refractivity contribution in [3.8, 4) is 0 Å². The summed E-state index contributed by atoms with van der Waals surface area (Å²) in [6.45, 7) is 6.36. The van der Waals surface area contributed by atoms with Crippen LogP contribution in [0.15, 0.2) is 0 Å². The second-order valence-electron chi connectivity index (χ2n) is 3.16. The first-order valence-corrected chi connectivity index (χ1v) is 4.80. The molecule has 1 heterocycles. The van der Waals surface area contributed by atoms with Crippen LogP contribution in [0.25, 0.3) is 0 Å². The van der Waals surface area contributed by atoms with Crippen LogP contribution >= 0.6 is 0 Å². The van der Waals surface area contributed by atoms with E-state index in [9.17, 15) is 4.21 Å². The highest BCUT2D eigenvalue weighted by Crippen LogP contribution is 2.29. The predicted octanol–water partition coefficient (Wildman–Crippen LogP) is 1.55. The Labute approximate surface area is 59.3 Å². The normalized spacial score (nSPS) is 42.9. The first-order valence-electron chi connectivity index (χ1n) is 3.52. The van der Waals surface area contributed by atoms with Crippen LogP contribution in [0.3, 0.4) is 0 Å². The molecule has 1 saturated heterocycles. The molecule has 2 unspecified atom stereocenters. The van der Waals surface area contributed by atoms with Gasteiger partial charge in [-0.3, -0.25) is 4.21 Å². The third kappa shape index (κ3) is 1.18. The van der Waals surface area contributed by atoms with Crippen molar-refractivity contribution in [3.05, 3.63) is 0 Å². The topological polar surface area (TPSA) is 17.1 Å². The fourth-order valence-electron chi connectivity index (χ4n) is 1.23. The van der Waals surface area contributed by atoms with E-state index in [-0.39, 0.29) is 0 Å². The minimum absolute atomic E-state index is 0.470. The van der Waals surface area contributed by atoms with Crippen LogP contribution in [-0.4, -0.2) is 14.7 Å². The van der Waals surface area contributed by atoms with Crippen molar-refractivity contribution in [2.24, 2.45) is 5.92 Å². The van der Waals surface area contributed by atoms with Gasteiger partial charge in [0.15, 0.2) is 0 Å². The molecule has 0 saturated carbocycles. The Morgan fingerprint density at radius 2 is 2.11 bits per heavy atom. The molecule has 1 aliphatic rings. The van der Waals surface area contributed by atoms with Crippen LogP contribution in [0.5, 0.6) is 0 Å². The lowest BCUT2D eigenvalue weighted by molar-refractivity contribution is 0.500. The molecule has 0 aromatic carbocycles. The third-order valence-corrected chi connectivity index (χ3v) is 4.32. The molecule has 2 heteroatoms. The molecular formula is C7H14OS. The van der Waals surface area contributed by atoms with Gasteiger partial charge >= 0.3 is 0 Å². The van der Waals surface area contributed by atoms with Crippen molar-refractivity contribution in [2.75, 3.05) is 0 Å². The lowest BCUT2D eigenvalue weighted by Crippen LogP contribution is -2.41. The fourth-order valence-corrected chi connectivity index (χ4v) is 2.88. The van der Waals surface area contributed by atoms with E-state index < -0.39 is 10.8 Å². The van der Waals surface area contributed by atoms with Crippen LogP contribution in [0.2, 0.25) is 0 Å². The highest BCUT2D eigenvalue weighted by atomic mass is 32.2. The predicted molar refractivity (Wildman–Crippen MR) is 40.8 cm³/mol. The summed E-state index contributed by atoms with van der Waals surface area (Å²) < 4.78 is 11.1. The largest absolute Gasteiger partial charge is 0.259 e. The summed E-state index contributed by atoms with van der Waals surface area (Å²) in [6.07, 6.45) is 1.17. The summed E-state index contributed by atoms with van der Waals surface area (Å²) in [4.78, 5) is 0. The maximum absolute atomic E-state index is 11.1. The Morgan fingerprint density at radius 3 is 2.22 bits per heavy atom. The van der Waals surface area contributed by atoms with E-state index in [1.807, 2.05) is 0 Å². The van der Waals surface area contributed by atoms with Gasteiger partial charge < -0.3 is 0 Å². The first-order chi connectivity index (χ1) is 4.13. The van der Waals surface area contributed by atoms with E-state index >= 15 is 0 Å². The van der Waals surface area contributed by atoms with E-state index in [4.69, 9.17) is 0 Å². The maximum atomic E-state index is 11.1. The zero-order chi connectivity index (χ0) is 7.02. The average Bonchev–Trinajstić information content (AvgIpc) is 1.81. The molecule has 9 heavy (non-hydrogen) atoms. The summed E-state index contributed by atoms with van der Waals surface area (Å²) in [5.74, 6) is 0.613. The summed E-state index contributed by atoms with van der Waals surface area (Å²) in [5, 5.41) is 0.970. The van der Waals surface area contributed by atoms with Gasteiger partial charge in [0, 0.05) is 21.3 Å². The minimum Gasteiger partial charge on any atom is -0.259 e. The van der Waals surface area contributed by atoms with E-state index in [1.165, 1.54) is 6.42 Å². The molecule has 0 N–H and O–H groups in total. The van der Waals surface area contributed by atoms with Gasteiger partial charge in [-0.25, -0.2) is 0 Å². The summed E-state index contributed by atoms with van der Waals surface area (Å²) >= 11 is 0. The Kier molecular flexibility index (Phi) is 1.94. The van der Waals surface area contributed by atoms with Gasteiger partial charge in [-0.05, 0) is 12.3 Å². The lowest BCUT2D eigenvalue weighted by Gasteiger charge is -2.34. The Bertz CT molecular complexity index is 131. The Balaban J connectivity index is 2.42. The van der Waals surface area contributed by atoms with Crippen molar-refractivity contribution in [3.63, 3.8) is 0 Å². The van der Waals surface area contributed by atoms with Gasteiger partial charge in [0.1, 0.15) is 0 Å². The molecule has 54 valence electrons. The standard InChI is InChI=1S/C7H14OS/c1-5(2)7-4-6(3)9(7)8/h5-7H,4H2,1-3H3/t6-,7?,9?/m1/s1. The van der Waals surface area contributed by atoms with E-state index in [1.54, 1.807) is 0 Å². The van der Waals surface area contributed by atoms with Crippen LogP contribution in [-0.2, 0) is 10.8 Å². The Morgan fingerprint density at radius 1 is 1.56 bits per heavy atom. The van der Waals surface area contributed by atoms with Crippen molar-refractivity contribution in [2.45, 2.75) is 37.7 Å². The number of rotatable bonds is 1. The molecular weight excluding hydrogens is 132 g/mol. The molecule has 0 bridgehead atoms. The first kappa shape index (κ1) is 7.26. The van der Waals surface area contributed by atoms with Gasteiger partial charge in [-0.2, -0.15) is 0 Å². The molecule has 1 rings (SSSR count). The monoisotopic (exact) mass is 146 g/mol. The van der Waals surface area contributed by atoms with E-state index in [2.05, 4.69) is 20.8 Å². The smallest absolute Gasteiger partial charge is 0.0385 e. The van der Waals surface area contributed by atoms with Crippen molar-refractivity contribution < 1.29 is 4.21 Å². The Hall–Kier alpha value is 0.150. The second kappa shape index (κ2) is 2.41. The molecule has 0 aliphatic carbocycles. The van der Waals surface area contributed by atoms with Gasteiger partial charge in [0.2, 0.25) is 0 Å². The molecule has 3 atom stereocenters. The fraction of sp³-hybridized carbons (Fsp3) is 1.00. The van der Waals surface area contributed by atoms with Crippen LogP contribution in [0.4, 0.5) is 0 Å². The highest BCUT2D eigenvalue weighted by molar-refractivity contribution is 7.87. The zero-order valence-corrected chi connectivity index (χ0v) is 7.07. The lowest BCUT2D eigenvalue weighted by atomic mass is 10.1. The van der Waals surface area contributed by atoms with Crippen LogP contribution < -0.4 is 0 Å². The molecule has 0 amide bonds. The molecule has 0 aromatic rings. The number of hydrogen-bond acceptors (Lipinski definition) is 1. The SMILES string of the molecule is CC(C)C1C[C@@H](C)S1=O. The van der Waals surface area contributed by atoms with Gasteiger partial charge in [-0.1, -0.05) is 20.8 Å². The minimum atomic E-state index is -0.505.